The molecule has 1 saturated heterocycles. The summed E-state index contributed by atoms with van der Waals surface area (Å²) in [5.74, 6) is -0.995. The first-order valence-corrected chi connectivity index (χ1v) is 6.33. The van der Waals surface area contributed by atoms with Crippen LogP contribution >= 0.6 is 15.9 Å². The van der Waals surface area contributed by atoms with Crippen molar-refractivity contribution in [2.45, 2.75) is 12.8 Å². The van der Waals surface area contributed by atoms with Crippen molar-refractivity contribution in [1.29, 1.82) is 0 Å². The Balaban J connectivity index is 2.02. The van der Waals surface area contributed by atoms with Gasteiger partial charge in [-0.2, -0.15) is 0 Å². The standard InChI is InChI=1S/C12H13BrFNO2/c13-9-1-2-11(10(14)7-9)17-12(16)8-3-5-15-6-4-8/h1-2,7-8,15H,3-6H2. The van der Waals surface area contributed by atoms with E-state index in [1.54, 1.807) is 6.07 Å². The molecule has 0 radical (unpaired) electrons. The fourth-order valence-corrected chi connectivity index (χ4v) is 2.14. The molecule has 1 aliphatic heterocycles. The predicted molar refractivity (Wildman–Crippen MR) is 65.3 cm³/mol. The summed E-state index contributed by atoms with van der Waals surface area (Å²) in [6.45, 7) is 1.62. The van der Waals surface area contributed by atoms with Gasteiger partial charge in [0.1, 0.15) is 0 Å². The summed E-state index contributed by atoms with van der Waals surface area (Å²) in [5.41, 5.74) is 0. The van der Waals surface area contributed by atoms with E-state index < -0.39 is 5.82 Å². The van der Waals surface area contributed by atoms with E-state index in [2.05, 4.69) is 21.2 Å². The number of carbonyl (C=O) groups excluding carboxylic acids is 1. The van der Waals surface area contributed by atoms with Crippen molar-refractivity contribution in [2.24, 2.45) is 5.92 Å². The van der Waals surface area contributed by atoms with Crippen molar-refractivity contribution >= 4 is 21.9 Å². The molecule has 5 heteroatoms. The Morgan fingerprint density at radius 3 is 2.76 bits per heavy atom. The highest BCUT2D eigenvalue weighted by atomic mass is 79.9. The van der Waals surface area contributed by atoms with Crippen LogP contribution in [0, 0.1) is 11.7 Å². The highest BCUT2D eigenvalue weighted by Gasteiger charge is 2.23. The second kappa shape index (κ2) is 5.60. The van der Waals surface area contributed by atoms with Crippen LogP contribution in [0.2, 0.25) is 0 Å². The number of hydrogen-bond acceptors (Lipinski definition) is 3. The summed E-state index contributed by atoms with van der Waals surface area (Å²) in [7, 11) is 0. The van der Waals surface area contributed by atoms with E-state index >= 15 is 0 Å². The van der Waals surface area contributed by atoms with Crippen LogP contribution in [0.5, 0.6) is 5.75 Å². The summed E-state index contributed by atoms with van der Waals surface area (Å²) in [4.78, 5) is 11.8. The van der Waals surface area contributed by atoms with Gasteiger partial charge in [0.2, 0.25) is 0 Å². The maximum atomic E-state index is 13.5. The van der Waals surface area contributed by atoms with Gasteiger partial charge in [-0.3, -0.25) is 4.79 Å². The van der Waals surface area contributed by atoms with Crippen LogP contribution in [0.15, 0.2) is 22.7 Å². The Labute approximate surface area is 107 Å². The van der Waals surface area contributed by atoms with E-state index in [-0.39, 0.29) is 17.6 Å². The van der Waals surface area contributed by atoms with E-state index in [1.165, 1.54) is 12.1 Å². The van der Waals surface area contributed by atoms with E-state index in [0.717, 1.165) is 25.9 Å². The number of hydrogen-bond donors (Lipinski definition) is 1. The zero-order valence-electron chi connectivity index (χ0n) is 9.21. The molecule has 0 saturated carbocycles. The molecular weight excluding hydrogens is 289 g/mol. The summed E-state index contributed by atoms with van der Waals surface area (Å²) in [6.07, 6.45) is 1.49. The van der Waals surface area contributed by atoms with Gasteiger partial charge in [-0.05, 0) is 44.1 Å². The lowest BCUT2D eigenvalue weighted by molar-refractivity contribution is -0.139. The minimum absolute atomic E-state index is 0.00303. The second-order valence-electron chi connectivity index (χ2n) is 4.02. The number of rotatable bonds is 2. The molecule has 17 heavy (non-hydrogen) atoms. The summed E-state index contributed by atoms with van der Waals surface area (Å²) in [6, 6.07) is 4.39. The molecule has 0 unspecified atom stereocenters. The number of esters is 1. The number of halogens is 2. The van der Waals surface area contributed by atoms with Gasteiger partial charge in [-0.25, -0.2) is 4.39 Å². The molecule has 0 amide bonds. The zero-order chi connectivity index (χ0) is 12.3. The summed E-state index contributed by atoms with van der Waals surface area (Å²) < 4.78 is 19.2. The Hall–Kier alpha value is -0.940. The Kier molecular flexibility index (Phi) is 4.12. The number of carbonyl (C=O) groups is 1. The van der Waals surface area contributed by atoms with Crippen molar-refractivity contribution in [3.05, 3.63) is 28.5 Å². The summed E-state index contributed by atoms with van der Waals surface area (Å²) >= 11 is 3.15. The van der Waals surface area contributed by atoms with Gasteiger partial charge in [0.25, 0.3) is 0 Å². The number of benzene rings is 1. The minimum atomic E-state index is -0.526. The molecule has 1 fully saturated rings. The fourth-order valence-electron chi connectivity index (χ4n) is 1.81. The van der Waals surface area contributed by atoms with Crippen molar-refractivity contribution in [3.63, 3.8) is 0 Å². The minimum Gasteiger partial charge on any atom is -0.423 e. The van der Waals surface area contributed by atoms with E-state index in [0.29, 0.717) is 4.47 Å². The molecule has 0 aromatic heterocycles. The normalized spacial score (nSPS) is 16.8. The summed E-state index contributed by atoms with van der Waals surface area (Å²) in [5, 5.41) is 3.16. The van der Waals surface area contributed by atoms with Crippen molar-refractivity contribution in [1.82, 2.24) is 5.32 Å². The molecule has 0 aliphatic carbocycles. The number of nitrogens with one attached hydrogen (secondary N) is 1. The van der Waals surface area contributed by atoms with Gasteiger partial charge in [0, 0.05) is 4.47 Å². The molecule has 1 heterocycles. The third kappa shape index (κ3) is 3.26. The maximum absolute atomic E-state index is 13.5. The molecule has 1 aromatic carbocycles. The van der Waals surface area contributed by atoms with Gasteiger partial charge in [-0.1, -0.05) is 15.9 Å². The first-order valence-electron chi connectivity index (χ1n) is 5.54. The monoisotopic (exact) mass is 301 g/mol. The molecule has 3 nitrogen and oxygen atoms in total. The van der Waals surface area contributed by atoms with Crippen LogP contribution in [0.4, 0.5) is 4.39 Å². The van der Waals surface area contributed by atoms with Crippen LogP contribution in [0.1, 0.15) is 12.8 Å². The first kappa shape index (κ1) is 12.5. The van der Waals surface area contributed by atoms with Crippen molar-refractivity contribution < 1.29 is 13.9 Å². The quantitative estimate of drug-likeness (QED) is 0.674. The van der Waals surface area contributed by atoms with E-state index in [9.17, 15) is 9.18 Å². The van der Waals surface area contributed by atoms with Crippen LogP contribution in [0.3, 0.4) is 0 Å². The molecule has 92 valence electrons. The zero-order valence-corrected chi connectivity index (χ0v) is 10.8. The molecule has 0 bridgehead atoms. The topological polar surface area (TPSA) is 38.3 Å². The van der Waals surface area contributed by atoms with Gasteiger partial charge in [-0.15, -0.1) is 0 Å². The highest BCUT2D eigenvalue weighted by molar-refractivity contribution is 9.10. The van der Waals surface area contributed by atoms with E-state index in [1.807, 2.05) is 0 Å². The van der Waals surface area contributed by atoms with Crippen molar-refractivity contribution in [2.75, 3.05) is 13.1 Å². The third-order valence-electron chi connectivity index (χ3n) is 2.78. The lowest BCUT2D eigenvalue weighted by Gasteiger charge is -2.20. The second-order valence-corrected chi connectivity index (χ2v) is 4.94. The fraction of sp³-hybridized carbons (Fsp3) is 0.417. The van der Waals surface area contributed by atoms with Gasteiger partial charge in [0.05, 0.1) is 5.92 Å². The van der Waals surface area contributed by atoms with Crippen LogP contribution < -0.4 is 10.1 Å². The number of ether oxygens (including phenoxy) is 1. The van der Waals surface area contributed by atoms with Gasteiger partial charge in [0.15, 0.2) is 11.6 Å². The molecule has 1 N–H and O–H groups in total. The first-order chi connectivity index (χ1) is 8.16. The predicted octanol–water partition coefficient (Wildman–Crippen LogP) is 2.49. The molecule has 1 aliphatic rings. The third-order valence-corrected chi connectivity index (χ3v) is 3.27. The largest absolute Gasteiger partial charge is 0.423 e. The van der Waals surface area contributed by atoms with Gasteiger partial charge >= 0.3 is 5.97 Å². The SMILES string of the molecule is O=C(Oc1ccc(Br)cc1F)C1CCNCC1. The molecule has 0 atom stereocenters. The Morgan fingerprint density at radius 1 is 1.41 bits per heavy atom. The Bertz CT molecular complexity index is 419. The molecular formula is C12H13BrFNO2. The van der Waals surface area contributed by atoms with Crippen LogP contribution in [-0.4, -0.2) is 19.1 Å². The lowest BCUT2D eigenvalue weighted by Crippen LogP contribution is -2.33. The highest BCUT2D eigenvalue weighted by Crippen LogP contribution is 2.23. The molecule has 1 aromatic rings. The number of piperidine rings is 1. The smallest absolute Gasteiger partial charge is 0.314 e. The lowest BCUT2D eigenvalue weighted by atomic mass is 9.98. The average molecular weight is 302 g/mol. The van der Waals surface area contributed by atoms with Crippen LogP contribution in [-0.2, 0) is 4.79 Å². The van der Waals surface area contributed by atoms with Crippen molar-refractivity contribution in [3.8, 4) is 5.75 Å². The van der Waals surface area contributed by atoms with E-state index in [4.69, 9.17) is 4.74 Å². The van der Waals surface area contributed by atoms with Gasteiger partial charge < -0.3 is 10.1 Å². The maximum Gasteiger partial charge on any atom is 0.314 e. The Morgan fingerprint density at radius 2 is 2.12 bits per heavy atom. The van der Waals surface area contributed by atoms with Crippen LogP contribution in [0.25, 0.3) is 0 Å². The average Bonchev–Trinajstić information content (AvgIpc) is 2.34. The molecule has 0 spiro atoms. The molecule has 2 rings (SSSR count).